The predicted octanol–water partition coefficient (Wildman–Crippen LogP) is 2.29. The monoisotopic (exact) mass is 363 g/mol. The Morgan fingerprint density at radius 1 is 1.53 bits per heavy atom. The first-order valence-electron chi connectivity index (χ1n) is 3.97. The van der Waals surface area contributed by atoms with Gasteiger partial charge < -0.3 is 14.6 Å². The van der Waals surface area contributed by atoms with Crippen molar-refractivity contribution in [3.8, 4) is 11.5 Å². The summed E-state index contributed by atoms with van der Waals surface area (Å²) in [6, 6.07) is 0. The highest BCUT2D eigenvalue weighted by Gasteiger charge is 2.35. The molecule has 0 unspecified atom stereocenters. The summed E-state index contributed by atoms with van der Waals surface area (Å²) in [6.45, 7) is 0. The summed E-state index contributed by atoms with van der Waals surface area (Å²) in [7, 11) is 1.12. The lowest BCUT2D eigenvalue weighted by molar-refractivity contribution is -0.275. The summed E-state index contributed by atoms with van der Waals surface area (Å²) < 4.78 is 44.4. The molecule has 0 radical (unpaired) electrons. The number of methoxy groups -OCH3 is 1. The second kappa shape index (κ2) is 4.94. The Balaban J connectivity index is 3.39. The normalized spacial score (nSPS) is 11.1. The average Bonchev–Trinajstić information content (AvgIpc) is 2.18. The van der Waals surface area contributed by atoms with Gasteiger partial charge in [0, 0.05) is 0 Å². The van der Waals surface area contributed by atoms with Gasteiger partial charge in [0.2, 0.25) is 0 Å². The van der Waals surface area contributed by atoms with Crippen LogP contribution < -0.4 is 9.47 Å². The van der Waals surface area contributed by atoms with Crippen LogP contribution in [0.5, 0.6) is 11.5 Å². The third kappa shape index (κ3) is 3.35. The molecule has 0 aliphatic heterocycles. The summed E-state index contributed by atoms with van der Waals surface area (Å²) in [5.41, 5.74) is -0.718. The number of halogens is 4. The van der Waals surface area contributed by atoms with Crippen molar-refractivity contribution in [2.24, 2.45) is 0 Å². The Bertz CT molecular complexity index is 449. The predicted molar refractivity (Wildman–Crippen MR) is 57.1 cm³/mol. The highest BCUT2D eigenvalue weighted by Crippen LogP contribution is 2.35. The third-order valence-corrected chi connectivity index (χ3v) is 2.38. The van der Waals surface area contributed by atoms with Crippen molar-refractivity contribution in [2.45, 2.75) is 6.36 Å². The molecule has 1 N–H and O–H groups in total. The summed E-state index contributed by atoms with van der Waals surface area (Å²) in [4.78, 5) is 14.4. The van der Waals surface area contributed by atoms with E-state index in [2.05, 4.69) is 14.5 Å². The smallest absolute Gasteiger partial charge is 0.494 e. The molecular formula is C8H5F3INO4. The van der Waals surface area contributed by atoms with Gasteiger partial charge in [-0.2, -0.15) is 0 Å². The first-order valence-corrected chi connectivity index (χ1v) is 5.05. The topological polar surface area (TPSA) is 68.7 Å². The largest absolute Gasteiger partial charge is 0.573 e. The van der Waals surface area contributed by atoms with Crippen molar-refractivity contribution >= 4 is 28.6 Å². The number of aromatic nitrogens is 1. The molecule has 0 aliphatic rings. The molecule has 0 amide bonds. The number of pyridine rings is 1. The fourth-order valence-electron chi connectivity index (χ4n) is 1.02. The Hall–Kier alpha value is -1.26. The molecular weight excluding hydrogens is 358 g/mol. The highest BCUT2D eigenvalue weighted by molar-refractivity contribution is 14.1. The van der Waals surface area contributed by atoms with E-state index < -0.39 is 23.6 Å². The number of rotatable bonds is 3. The molecule has 0 spiro atoms. The number of hydrogen-bond donors (Lipinski definition) is 1. The summed E-state index contributed by atoms with van der Waals surface area (Å²) in [5, 5.41) is 8.84. The van der Waals surface area contributed by atoms with E-state index in [9.17, 15) is 18.0 Å². The van der Waals surface area contributed by atoms with Crippen molar-refractivity contribution in [1.82, 2.24) is 4.98 Å². The van der Waals surface area contributed by atoms with Crippen molar-refractivity contribution < 1.29 is 32.5 Å². The summed E-state index contributed by atoms with van der Waals surface area (Å²) >= 11 is 1.44. The van der Waals surface area contributed by atoms with Crippen LogP contribution in [-0.4, -0.2) is 29.5 Å². The summed E-state index contributed by atoms with van der Waals surface area (Å²) in [5.74, 6) is -2.79. The molecule has 0 aliphatic carbocycles. The molecule has 0 saturated carbocycles. The minimum Gasteiger partial charge on any atom is -0.494 e. The summed E-state index contributed by atoms with van der Waals surface area (Å²) in [6.07, 6.45) is -3.99. The quantitative estimate of drug-likeness (QED) is 0.660. The standard InChI is InChI=1S/C8H5F3INO4/c1-16-3-2-13-6(12)5(4(3)7(14)15)17-8(9,10)11/h2H,1H3,(H,14,15). The van der Waals surface area contributed by atoms with Gasteiger partial charge in [-0.3, -0.25) is 0 Å². The minimum absolute atomic E-state index is 0.224. The van der Waals surface area contributed by atoms with E-state index in [1.54, 1.807) is 0 Å². The van der Waals surface area contributed by atoms with Crippen molar-refractivity contribution in [1.29, 1.82) is 0 Å². The maximum absolute atomic E-state index is 12.1. The van der Waals surface area contributed by atoms with Crippen LogP contribution in [0, 0.1) is 3.70 Å². The van der Waals surface area contributed by atoms with Gasteiger partial charge in [0.05, 0.1) is 13.3 Å². The Labute approximate surface area is 107 Å². The number of aromatic carboxylic acids is 1. The second-order valence-corrected chi connectivity index (χ2v) is 3.70. The maximum atomic E-state index is 12.1. The Kier molecular flexibility index (Phi) is 4.01. The lowest BCUT2D eigenvalue weighted by Crippen LogP contribution is -2.20. The van der Waals surface area contributed by atoms with Crippen LogP contribution in [0.1, 0.15) is 10.4 Å². The first-order chi connectivity index (χ1) is 7.76. The van der Waals surface area contributed by atoms with E-state index in [-0.39, 0.29) is 9.45 Å². The van der Waals surface area contributed by atoms with Crippen LogP contribution in [0.25, 0.3) is 0 Å². The van der Waals surface area contributed by atoms with E-state index in [4.69, 9.17) is 5.11 Å². The number of carboxylic acids is 1. The van der Waals surface area contributed by atoms with Crippen LogP contribution >= 0.6 is 22.6 Å². The van der Waals surface area contributed by atoms with Gasteiger partial charge in [0.25, 0.3) is 0 Å². The third-order valence-electron chi connectivity index (χ3n) is 1.61. The molecule has 94 valence electrons. The van der Waals surface area contributed by atoms with E-state index in [1.165, 1.54) is 22.6 Å². The zero-order valence-corrected chi connectivity index (χ0v) is 10.4. The van der Waals surface area contributed by atoms with E-state index in [0.717, 1.165) is 13.3 Å². The van der Waals surface area contributed by atoms with Gasteiger partial charge in [0.15, 0.2) is 11.5 Å². The first kappa shape index (κ1) is 13.8. The number of carboxylic acid groups (broad SMARTS) is 1. The molecule has 0 aromatic carbocycles. The van der Waals surface area contributed by atoms with Crippen LogP contribution in [0.4, 0.5) is 13.2 Å². The van der Waals surface area contributed by atoms with E-state index >= 15 is 0 Å². The molecule has 1 aromatic heterocycles. The van der Waals surface area contributed by atoms with Crippen molar-refractivity contribution in [3.05, 3.63) is 15.5 Å². The molecule has 17 heavy (non-hydrogen) atoms. The van der Waals surface area contributed by atoms with E-state index in [1.807, 2.05) is 0 Å². The number of hydrogen-bond acceptors (Lipinski definition) is 4. The lowest BCUT2D eigenvalue weighted by atomic mass is 10.2. The average molecular weight is 363 g/mol. The molecule has 1 heterocycles. The second-order valence-electron chi connectivity index (χ2n) is 2.67. The molecule has 0 bridgehead atoms. The zero-order chi connectivity index (χ0) is 13.2. The molecule has 1 aromatic rings. The molecule has 0 saturated heterocycles. The molecule has 9 heteroatoms. The number of ether oxygens (including phenoxy) is 2. The van der Waals surface area contributed by atoms with Crippen LogP contribution in [-0.2, 0) is 0 Å². The Morgan fingerprint density at radius 3 is 2.53 bits per heavy atom. The fourth-order valence-corrected chi connectivity index (χ4v) is 1.54. The van der Waals surface area contributed by atoms with Gasteiger partial charge in [-0.05, 0) is 22.6 Å². The van der Waals surface area contributed by atoms with Crippen molar-refractivity contribution in [2.75, 3.05) is 7.11 Å². The number of alkyl halides is 3. The maximum Gasteiger partial charge on any atom is 0.573 e. The minimum atomic E-state index is -5.00. The lowest BCUT2D eigenvalue weighted by Gasteiger charge is -2.14. The van der Waals surface area contributed by atoms with Gasteiger partial charge in [-0.15, -0.1) is 13.2 Å². The van der Waals surface area contributed by atoms with Gasteiger partial charge in [-0.25, -0.2) is 9.78 Å². The SMILES string of the molecule is COc1cnc(I)c(OC(F)(F)F)c1C(=O)O. The molecule has 0 atom stereocenters. The van der Waals surface area contributed by atoms with Gasteiger partial charge >= 0.3 is 12.3 Å². The van der Waals surface area contributed by atoms with Crippen LogP contribution in [0.15, 0.2) is 6.20 Å². The highest BCUT2D eigenvalue weighted by atomic mass is 127. The fraction of sp³-hybridized carbons (Fsp3) is 0.250. The van der Waals surface area contributed by atoms with Crippen LogP contribution in [0.3, 0.4) is 0 Å². The van der Waals surface area contributed by atoms with E-state index in [0.29, 0.717) is 0 Å². The molecule has 1 rings (SSSR count). The van der Waals surface area contributed by atoms with Crippen LogP contribution in [0.2, 0.25) is 0 Å². The number of nitrogens with zero attached hydrogens (tertiary/aromatic N) is 1. The Morgan fingerprint density at radius 2 is 2.12 bits per heavy atom. The molecule has 0 fully saturated rings. The zero-order valence-electron chi connectivity index (χ0n) is 8.21. The van der Waals surface area contributed by atoms with Gasteiger partial charge in [0.1, 0.15) is 9.26 Å². The molecule has 5 nitrogen and oxygen atoms in total. The number of carbonyl (C=O) groups is 1. The van der Waals surface area contributed by atoms with Crippen molar-refractivity contribution in [3.63, 3.8) is 0 Å². The van der Waals surface area contributed by atoms with Gasteiger partial charge in [-0.1, -0.05) is 0 Å².